The first-order valence-electron chi connectivity index (χ1n) is 8.90. The molecule has 0 unspecified atom stereocenters. The molecule has 0 aliphatic carbocycles. The highest BCUT2D eigenvalue weighted by Gasteiger charge is 2.23. The number of aryl methyl sites for hydroxylation is 2. The lowest BCUT2D eigenvalue weighted by atomic mass is 9.98. The Hall–Kier alpha value is -2.18. The Morgan fingerprint density at radius 2 is 1.88 bits per heavy atom. The van der Waals surface area contributed by atoms with Crippen molar-refractivity contribution in [1.29, 1.82) is 0 Å². The molecule has 0 saturated heterocycles. The fraction of sp³-hybridized carbons (Fsp3) is 0.350. The Morgan fingerprint density at radius 1 is 1.12 bits per heavy atom. The third-order valence-corrected chi connectivity index (χ3v) is 6.20. The van der Waals surface area contributed by atoms with E-state index in [4.69, 9.17) is 0 Å². The molecule has 5 nitrogen and oxygen atoms in total. The van der Waals surface area contributed by atoms with Gasteiger partial charge in [-0.1, -0.05) is 37.3 Å². The highest BCUT2D eigenvalue weighted by atomic mass is 32.2. The summed E-state index contributed by atoms with van der Waals surface area (Å²) < 4.78 is 27.7. The third kappa shape index (κ3) is 3.81. The standard InChI is InChI=1S/C20H24N2O3S/c1-3-12-22-18-10-8-16(13-17(18)9-11-20(22)23)14-21-26(24,25)19-7-5-4-6-15(19)2/h4-8,10,13,21H,3,9,11-12,14H2,1-2H3. The van der Waals surface area contributed by atoms with Crippen molar-refractivity contribution in [2.75, 3.05) is 11.4 Å². The van der Waals surface area contributed by atoms with Crippen LogP contribution in [0.2, 0.25) is 0 Å². The van der Waals surface area contributed by atoms with Crippen molar-refractivity contribution in [3.63, 3.8) is 0 Å². The molecule has 1 heterocycles. The minimum Gasteiger partial charge on any atom is -0.312 e. The lowest BCUT2D eigenvalue weighted by molar-refractivity contribution is -0.118. The van der Waals surface area contributed by atoms with Crippen molar-refractivity contribution in [3.05, 3.63) is 59.2 Å². The van der Waals surface area contributed by atoms with Crippen molar-refractivity contribution in [1.82, 2.24) is 4.72 Å². The summed E-state index contributed by atoms with van der Waals surface area (Å²) in [6.45, 7) is 4.78. The number of sulfonamides is 1. The van der Waals surface area contributed by atoms with E-state index in [2.05, 4.69) is 11.6 Å². The van der Waals surface area contributed by atoms with Crippen LogP contribution < -0.4 is 9.62 Å². The topological polar surface area (TPSA) is 66.5 Å². The van der Waals surface area contributed by atoms with Gasteiger partial charge < -0.3 is 4.90 Å². The molecule has 138 valence electrons. The van der Waals surface area contributed by atoms with Crippen molar-refractivity contribution < 1.29 is 13.2 Å². The monoisotopic (exact) mass is 372 g/mol. The zero-order valence-electron chi connectivity index (χ0n) is 15.2. The summed E-state index contributed by atoms with van der Waals surface area (Å²) >= 11 is 0. The Morgan fingerprint density at radius 3 is 2.62 bits per heavy atom. The summed E-state index contributed by atoms with van der Waals surface area (Å²) in [6, 6.07) is 12.8. The third-order valence-electron chi connectivity index (χ3n) is 4.64. The van der Waals surface area contributed by atoms with Gasteiger partial charge in [0.25, 0.3) is 0 Å². The Bertz CT molecular complexity index is 922. The number of anilines is 1. The van der Waals surface area contributed by atoms with Crippen LogP contribution in [-0.4, -0.2) is 20.9 Å². The van der Waals surface area contributed by atoms with Crippen LogP contribution in [-0.2, 0) is 27.8 Å². The molecule has 1 amide bonds. The van der Waals surface area contributed by atoms with E-state index in [0.29, 0.717) is 24.3 Å². The number of amides is 1. The summed E-state index contributed by atoms with van der Waals surface area (Å²) in [6.07, 6.45) is 2.11. The van der Waals surface area contributed by atoms with Crippen molar-refractivity contribution in [2.24, 2.45) is 0 Å². The zero-order chi connectivity index (χ0) is 18.7. The summed E-state index contributed by atoms with van der Waals surface area (Å²) in [5.74, 6) is 0.160. The average Bonchev–Trinajstić information content (AvgIpc) is 2.63. The number of carbonyl (C=O) groups is 1. The fourth-order valence-electron chi connectivity index (χ4n) is 3.31. The lowest BCUT2D eigenvalue weighted by Crippen LogP contribution is -2.35. The normalized spacial score (nSPS) is 14.4. The molecule has 1 aliphatic rings. The van der Waals surface area contributed by atoms with Crippen LogP contribution in [0.15, 0.2) is 47.4 Å². The molecule has 0 aromatic heterocycles. The Kier molecular flexibility index (Phi) is 5.44. The van der Waals surface area contributed by atoms with Gasteiger partial charge in [0.15, 0.2) is 0 Å². The van der Waals surface area contributed by atoms with Gasteiger partial charge in [-0.25, -0.2) is 13.1 Å². The summed E-state index contributed by atoms with van der Waals surface area (Å²) in [4.78, 5) is 14.2. The maximum absolute atomic E-state index is 12.5. The second-order valence-electron chi connectivity index (χ2n) is 6.60. The molecule has 0 radical (unpaired) electrons. The summed E-state index contributed by atoms with van der Waals surface area (Å²) in [7, 11) is -3.55. The van der Waals surface area contributed by atoms with Crippen LogP contribution >= 0.6 is 0 Å². The molecule has 2 aromatic carbocycles. The number of hydrogen-bond acceptors (Lipinski definition) is 3. The molecule has 1 N–H and O–H groups in total. The van der Waals surface area contributed by atoms with Gasteiger partial charge in [-0.05, 0) is 48.6 Å². The molecular formula is C20H24N2O3S. The average molecular weight is 372 g/mol. The SMILES string of the molecule is CCCN1C(=O)CCc2cc(CNS(=O)(=O)c3ccccc3C)ccc21. The predicted molar refractivity (Wildman–Crippen MR) is 103 cm³/mol. The number of hydrogen-bond donors (Lipinski definition) is 1. The van der Waals surface area contributed by atoms with E-state index in [1.54, 1.807) is 25.1 Å². The molecule has 0 spiro atoms. The first-order chi connectivity index (χ1) is 12.4. The second-order valence-corrected chi connectivity index (χ2v) is 8.33. The number of rotatable bonds is 6. The number of fused-ring (bicyclic) bond motifs is 1. The van der Waals surface area contributed by atoms with Gasteiger partial charge in [-0.15, -0.1) is 0 Å². The van der Waals surface area contributed by atoms with E-state index < -0.39 is 10.0 Å². The van der Waals surface area contributed by atoms with Gasteiger partial charge in [0.2, 0.25) is 15.9 Å². The van der Waals surface area contributed by atoms with Gasteiger partial charge in [0.05, 0.1) is 4.90 Å². The first kappa shape index (κ1) is 18.6. The maximum Gasteiger partial charge on any atom is 0.241 e. The van der Waals surface area contributed by atoms with Gasteiger partial charge in [0.1, 0.15) is 0 Å². The molecule has 1 aliphatic heterocycles. The van der Waals surface area contributed by atoms with Gasteiger partial charge >= 0.3 is 0 Å². The smallest absolute Gasteiger partial charge is 0.241 e. The van der Waals surface area contributed by atoms with E-state index in [1.807, 2.05) is 29.2 Å². The minimum atomic E-state index is -3.55. The van der Waals surface area contributed by atoms with Crippen molar-refractivity contribution in [3.8, 4) is 0 Å². The van der Waals surface area contributed by atoms with Crippen LogP contribution in [0.3, 0.4) is 0 Å². The van der Waals surface area contributed by atoms with Crippen LogP contribution in [0.5, 0.6) is 0 Å². The van der Waals surface area contributed by atoms with Crippen LogP contribution in [0.25, 0.3) is 0 Å². The first-order valence-corrected chi connectivity index (χ1v) is 10.4. The number of benzene rings is 2. The van der Waals surface area contributed by atoms with Gasteiger partial charge in [-0.2, -0.15) is 0 Å². The highest BCUT2D eigenvalue weighted by Crippen LogP contribution is 2.29. The summed E-state index contributed by atoms with van der Waals surface area (Å²) in [5.41, 5.74) is 3.67. The number of nitrogens with zero attached hydrogens (tertiary/aromatic N) is 1. The van der Waals surface area contributed by atoms with E-state index in [-0.39, 0.29) is 12.5 Å². The van der Waals surface area contributed by atoms with Crippen LogP contribution in [0, 0.1) is 6.92 Å². The van der Waals surface area contributed by atoms with E-state index in [0.717, 1.165) is 28.8 Å². The molecule has 0 fully saturated rings. The molecule has 3 rings (SSSR count). The van der Waals surface area contributed by atoms with Crippen LogP contribution in [0.4, 0.5) is 5.69 Å². The van der Waals surface area contributed by atoms with Crippen molar-refractivity contribution >= 4 is 21.6 Å². The quantitative estimate of drug-likeness (QED) is 0.847. The maximum atomic E-state index is 12.5. The molecule has 0 saturated carbocycles. The predicted octanol–water partition coefficient (Wildman–Crippen LogP) is 3.16. The zero-order valence-corrected chi connectivity index (χ0v) is 16.0. The van der Waals surface area contributed by atoms with Crippen LogP contribution in [0.1, 0.15) is 36.5 Å². The fourth-order valence-corrected chi connectivity index (χ4v) is 4.57. The van der Waals surface area contributed by atoms with Gasteiger partial charge in [-0.3, -0.25) is 4.79 Å². The Labute approximate surface area is 155 Å². The van der Waals surface area contributed by atoms with E-state index in [1.165, 1.54) is 0 Å². The van der Waals surface area contributed by atoms with E-state index in [9.17, 15) is 13.2 Å². The minimum absolute atomic E-state index is 0.160. The molecule has 0 atom stereocenters. The largest absolute Gasteiger partial charge is 0.312 e. The molecule has 2 aromatic rings. The number of nitrogens with one attached hydrogen (secondary N) is 1. The molecule has 6 heteroatoms. The highest BCUT2D eigenvalue weighted by molar-refractivity contribution is 7.89. The molecule has 0 bridgehead atoms. The molecular weight excluding hydrogens is 348 g/mol. The number of carbonyl (C=O) groups excluding carboxylic acids is 1. The van der Waals surface area contributed by atoms with Gasteiger partial charge in [0, 0.05) is 25.2 Å². The second kappa shape index (κ2) is 7.60. The Balaban J connectivity index is 1.78. The molecule has 26 heavy (non-hydrogen) atoms. The summed E-state index contributed by atoms with van der Waals surface area (Å²) in [5, 5.41) is 0. The van der Waals surface area contributed by atoms with Crippen molar-refractivity contribution in [2.45, 2.75) is 44.6 Å². The van der Waals surface area contributed by atoms with E-state index >= 15 is 0 Å². The lowest BCUT2D eigenvalue weighted by Gasteiger charge is -2.29.